The van der Waals surface area contributed by atoms with Gasteiger partial charge >= 0.3 is 16.8 Å². The van der Waals surface area contributed by atoms with Crippen LogP contribution in [-0.4, -0.2) is 46.7 Å². The van der Waals surface area contributed by atoms with E-state index in [1.54, 1.807) is 36.7 Å². The molecule has 1 fully saturated rings. The first-order chi connectivity index (χ1) is 14.7. The van der Waals surface area contributed by atoms with E-state index in [0.717, 1.165) is 44.2 Å². The number of aliphatic carboxylic acids is 2. The van der Waals surface area contributed by atoms with Gasteiger partial charge < -0.3 is 30.0 Å². The number of hydrogen-bond donors (Lipinski definition) is 2. The molecule has 0 aliphatic heterocycles. The van der Waals surface area contributed by atoms with E-state index in [2.05, 4.69) is 9.98 Å². The molecule has 32 heavy (non-hydrogen) atoms. The molecule has 2 N–H and O–H groups in total. The van der Waals surface area contributed by atoms with Gasteiger partial charge in [-0.05, 0) is 57.4 Å². The van der Waals surface area contributed by atoms with Gasteiger partial charge in [0.05, 0.1) is 12.1 Å². The third-order valence-corrected chi connectivity index (χ3v) is 4.13. The zero-order valence-corrected chi connectivity index (χ0v) is 18.8. The fraction of sp³-hybridized carbons (Fsp3) is 0.304. The molecule has 9 heteroatoms. The van der Waals surface area contributed by atoms with E-state index in [1.807, 2.05) is 24.3 Å². The van der Waals surface area contributed by atoms with Crippen molar-refractivity contribution in [1.82, 2.24) is 0 Å². The van der Waals surface area contributed by atoms with E-state index < -0.39 is 11.9 Å². The summed E-state index contributed by atoms with van der Waals surface area (Å²) in [4.78, 5) is 27.0. The summed E-state index contributed by atoms with van der Waals surface area (Å²) in [6.07, 6.45) is 6.53. The molecule has 0 amide bonds. The number of carboxylic acid groups (broad SMARTS) is 2. The number of para-hydroxylation sites is 2. The predicted octanol–water partition coefficient (Wildman–Crippen LogP) is 1.07. The number of rotatable bonds is 4. The van der Waals surface area contributed by atoms with Crippen LogP contribution < -0.4 is 10.2 Å². The summed E-state index contributed by atoms with van der Waals surface area (Å²) < 4.78 is 0. The van der Waals surface area contributed by atoms with Crippen molar-refractivity contribution in [3.05, 3.63) is 59.7 Å². The number of benzene rings is 2. The third-order valence-electron chi connectivity index (χ3n) is 4.13. The van der Waals surface area contributed by atoms with Crippen molar-refractivity contribution >= 4 is 24.4 Å². The summed E-state index contributed by atoms with van der Waals surface area (Å²) >= 11 is 0. The van der Waals surface area contributed by atoms with E-state index in [9.17, 15) is 10.2 Å². The molecule has 0 saturated heterocycles. The molecular weight excluding hydrogens is 459 g/mol. The molecule has 1 radical (unpaired) electrons. The number of phenols is 2. The van der Waals surface area contributed by atoms with Crippen molar-refractivity contribution in [2.75, 3.05) is 0 Å². The normalized spacial score (nSPS) is 16.9. The number of hydrogen-bond acceptors (Lipinski definition) is 8. The van der Waals surface area contributed by atoms with Crippen molar-refractivity contribution < 1.29 is 46.8 Å². The van der Waals surface area contributed by atoms with Crippen LogP contribution >= 0.6 is 0 Å². The number of carbonyl (C=O) groups excluding carboxylic acids is 2. The predicted molar refractivity (Wildman–Crippen MR) is 114 cm³/mol. The molecule has 2 unspecified atom stereocenters. The van der Waals surface area contributed by atoms with Crippen molar-refractivity contribution in [3.63, 3.8) is 0 Å². The van der Waals surface area contributed by atoms with Crippen LogP contribution in [0.15, 0.2) is 58.5 Å². The Hall–Kier alpha value is -3.17. The van der Waals surface area contributed by atoms with Crippen molar-refractivity contribution in [3.8, 4) is 11.5 Å². The van der Waals surface area contributed by atoms with Gasteiger partial charge in [-0.1, -0.05) is 24.3 Å². The monoisotopic (exact) mass is 485 g/mol. The maximum Gasteiger partial charge on any atom is 2.00 e. The minimum atomic E-state index is -1.08. The van der Waals surface area contributed by atoms with Gasteiger partial charge in [0, 0.05) is 35.5 Å². The largest absolute Gasteiger partial charge is 2.00 e. The second-order valence-corrected chi connectivity index (χ2v) is 6.72. The van der Waals surface area contributed by atoms with Crippen molar-refractivity contribution in [2.24, 2.45) is 9.98 Å². The quantitative estimate of drug-likeness (QED) is 0.620. The Bertz CT molecular complexity index is 835. The molecule has 8 nitrogen and oxygen atoms in total. The maximum absolute atomic E-state index is 9.78. The summed E-state index contributed by atoms with van der Waals surface area (Å²) in [6.45, 7) is 1.94. The summed E-state index contributed by atoms with van der Waals surface area (Å²) in [5.41, 5.74) is 1.45. The molecule has 0 aromatic heterocycles. The van der Waals surface area contributed by atoms with Crippen molar-refractivity contribution in [1.29, 1.82) is 0 Å². The molecule has 1 saturated carbocycles. The molecule has 2 aromatic rings. The first kappa shape index (κ1) is 28.8. The average molecular weight is 485 g/mol. The number of phenolic OH excluding ortho intramolecular Hbond substituents is 2. The molecule has 0 bridgehead atoms. The topological polar surface area (TPSA) is 145 Å². The number of aromatic hydroxyl groups is 2. The summed E-state index contributed by atoms with van der Waals surface area (Å²) in [7, 11) is 0. The maximum atomic E-state index is 9.78. The number of carboxylic acids is 2. The minimum Gasteiger partial charge on any atom is -0.550 e. The van der Waals surface area contributed by atoms with Gasteiger partial charge in [-0.3, -0.25) is 9.98 Å². The van der Waals surface area contributed by atoms with E-state index in [-0.39, 0.29) is 40.4 Å². The molecule has 1 aliphatic carbocycles. The van der Waals surface area contributed by atoms with Gasteiger partial charge in [0.15, 0.2) is 0 Å². The van der Waals surface area contributed by atoms with Crippen LogP contribution in [0.3, 0.4) is 0 Å². The van der Waals surface area contributed by atoms with Crippen LogP contribution in [0.1, 0.15) is 44.2 Å². The number of nitrogens with zero attached hydrogens (tertiary/aromatic N) is 2. The molecule has 1 aliphatic rings. The summed E-state index contributed by atoms with van der Waals surface area (Å²) in [6, 6.07) is 14.6. The van der Waals surface area contributed by atoms with Crippen LogP contribution in [0, 0.1) is 0 Å². The fourth-order valence-electron chi connectivity index (χ4n) is 2.81. The van der Waals surface area contributed by atoms with Crippen LogP contribution in [0.2, 0.25) is 0 Å². The first-order valence-corrected chi connectivity index (χ1v) is 9.68. The Morgan fingerprint density at radius 2 is 1.12 bits per heavy atom. The fourth-order valence-corrected chi connectivity index (χ4v) is 2.81. The van der Waals surface area contributed by atoms with Crippen LogP contribution in [0.5, 0.6) is 11.5 Å². The van der Waals surface area contributed by atoms with Gasteiger partial charge in [-0.2, -0.15) is 0 Å². The zero-order valence-electron chi connectivity index (χ0n) is 17.8. The Labute approximate surface area is 197 Å². The molecule has 3 rings (SSSR count). The van der Waals surface area contributed by atoms with Gasteiger partial charge in [-0.15, -0.1) is 0 Å². The Kier molecular flexibility index (Phi) is 14.1. The number of aliphatic imine (C=N–C) groups is 2. The molecule has 2 atom stereocenters. The van der Waals surface area contributed by atoms with Crippen LogP contribution in [0.4, 0.5) is 0 Å². The molecular formula is C23H26CoN2O6. The van der Waals surface area contributed by atoms with Gasteiger partial charge in [0.1, 0.15) is 11.5 Å². The van der Waals surface area contributed by atoms with Crippen LogP contribution in [0.25, 0.3) is 0 Å². The summed E-state index contributed by atoms with van der Waals surface area (Å²) in [5.74, 6) is -1.69. The zero-order chi connectivity index (χ0) is 23.2. The van der Waals surface area contributed by atoms with Crippen molar-refractivity contribution in [2.45, 2.75) is 45.2 Å². The molecule has 2 aromatic carbocycles. The van der Waals surface area contributed by atoms with E-state index in [1.165, 1.54) is 0 Å². The minimum absolute atomic E-state index is 0. The SMILES string of the molecule is CC(=O)[O-].CC(=O)[O-].Oc1ccccc1C=NC1CCCC1N=Cc1ccccc1O.[Co+2]. The molecule has 0 heterocycles. The second-order valence-electron chi connectivity index (χ2n) is 6.72. The average Bonchev–Trinajstić information content (AvgIpc) is 3.13. The van der Waals surface area contributed by atoms with E-state index in [4.69, 9.17) is 19.8 Å². The molecule has 0 spiro atoms. The summed E-state index contributed by atoms with van der Waals surface area (Å²) in [5, 5.41) is 37.3. The Balaban J connectivity index is 0.000000928. The van der Waals surface area contributed by atoms with Crippen LogP contribution in [-0.2, 0) is 26.4 Å². The van der Waals surface area contributed by atoms with Gasteiger partial charge in [0.25, 0.3) is 0 Å². The Morgan fingerprint density at radius 1 is 0.812 bits per heavy atom. The standard InChI is InChI=1S/C19H20N2O2.2C2H4O2.Co/c22-18-10-3-1-6-14(18)12-20-16-8-5-9-17(16)21-13-15-7-2-4-11-19(15)23;2*1-2(3)4;/h1-4,6-7,10-13,16-17,22-23H,5,8-9H2;2*1H3,(H,3,4);/q;;;+2/p-2. The van der Waals surface area contributed by atoms with Gasteiger partial charge in [-0.25, -0.2) is 0 Å². The first-order valence-electron chi connectivity index (χ1n) is 9.68. The van der Waals surface area contributed by atoms with Gasteiger partial charge in [0.2, 0.25) is 0 Å². The van der Waals surface area contributed by atoms with E-state index in [0.29, 0.717) is 0 Å². The number of carbonyl (C=O) groups is 2. The Morgan fingerprint density at radius 3 is 1.44 bits per heavy atom. The third kappa shape index (κ3) is 11.9. The van der Waals surface area contributed by atoms with E-state index >= 15 is 0 Å². The molecule has 173 valence electrons. The second kappa shape index (κ2) is 15.6. The smallest absolute Gasteiger partial charge is 0.550 e.